The molecule has 4 nitrogen and oxygen atoms in total. The maximum atomic E-state index is 10.7. The average molecular weight is 243 g/mol. The Kier molecular flexibility index (Phi) is 3.88. The summed E-state index contributed by atoms with van der Waals surface area (Å²) in [5.74, 6) is -0.958. The number of hydrogen-bond donors (Lipinski definition) is 1. The Bertz CT molecular complexity index is 407. The molecule has 1 aliphatic heterocycles. The fraction of sp³-hybridized carbons (Fsp3) is 0.455. The number of carboxylic acid groups (broad SMARTS) is 1. The van der Waals surface area contributed by atoms with E-state index in [1.54, 1.807) is 12.3 Å². The van der Waals surface area contributed by atoms with E-state index in [0.717, 1.165) is 24.2 Å². The molecule has 0 aliphatic carbocycles. The fourth-order valence-corrected chi connectivity index (χ4v) is 1.79. The maximum Gasteiger partial charge on any atom is 0.354 e. The zero-order valence-corrected chi connectivity index (χ0v) is 10.1. The lowest BCUT2D eigenvalue weighted by atomic mass is 10.1. The molecule has 0 unspecified atom stereocenters. The Morgan fingerprint density at radius 2 is 2.06 bits per heavy atom. The zero-order valence-electron chi connectivity index (χ0n) is 9.30. The normalized spacial score (nSPS) is 14.7. The van der Waals surface area contributed by atoms with Gasteiger partial charge in [0.05, 0.1) is 0 Å². The summed E-state index contributed by atoms with van der Waals surface area (Å²) in [6.45, 7) is 5.98. The highest BCUT2D eigenvalue weighted by atomic mass is 35.5. The predicted octanol–water partition coefficient (Wildman–Crippen LogP) is 1.93. The lowest BCUT2D eigenvalue weighted by Crippen LogP contribution is -2.24. The van der Waals surface area contributed by atoms with Crippen molar-refractivity contribution in [1.82, 2.24) is 9.88 Å². The van der Waals surface area contributed by atoms with E-state index in [1.165, 1.54) is 0 Å². The Morgan fingerprint density at radius 1 is 1.44 bits per heavy atom. The monoisotopic (exact) mass is 242 g/mol. The molecule has 0 spiro atoms. The van der Waals surface area contributed by atoms with Gasteiger partial charge in [0.25, 0.3) is 0 Å². The summed E-state index contributed by atoms with van der Waals surface area (Å²) in [4.78, 5) is 16.9. The molecule has 16 heavy (non-hydrogen) atoms. The molecule has 5 heteroatoms. The van der Waals surface area contributed by atoms with Gasteiger partial charge in [-0.25, -0.2) is 9.78 Å². The van der Waals surface area contributed by atoms with Gasteiger partial charge in [-0.2, -0.15) is 0 Å². The van der Waals surface area contributed by atoms with Crippen molar-refractivity contribution >= 4 is 18.4 Å². The minimum Gasteiger partial charge on any atom is -0.477 e. The number of halogens is 1. The highest BCUT2D eigenvalue weighted by Gasteiger charge is 2.22. The number of aromatic carboxylic acids is 1. The average Bonchev–Trinajstić information content (AvgIpc) is 2.59. The van der Waals surface area contributed by atoms with Gasteiger partial charge >= 0.3 is 5.97 Å². The number of aromatic nitrogens is 1. The molecule has 0 bridgehead atoms. The largest absolute Gasteiger partial charge is 0.477 e. The minimum absolute atomic E-state index is 0. The smallest absolute Gasteiger partial charge is 0.354 e. The summed E-state index contributed by atoms with van der Waals surface area (Å²) in [6.07, 6.45) is 1.68. The molecule has 0 saturated heterocycles. The van der Waals surface area contributed by atoms with Crippen molar-refractivity contribution in [3.05, 3.63) is 29.1 Å². The number of rotatable bonds is 2. The molecule has 2 heterocycles. The topological polar surface area (TPSA) is 53.4 Å². The first-order valence-corrected chi connectivity index (χ1v) is 5.03. The van der Waals surface area contributed by atoms with Crippen LogP contribution in [-0.2, 0) is 13.1 Å². The quantitative estimate of drug-likeness (QED) is 0.861. The maximum absolute atomic E-state index is 10.7. The first-order valence-electron chi connectivity index (χ1n) is 5.03. The molecule has 0 radical (unpaired) electrons. The molecule has 2 rings (SSSR count). The molecule has 1 aliphatic rings. The van der Waals surface area contributed by atoms with Gasteiger partial charge in [-0.1, -0.05) is 0 Å². The summed E-state index contributed by atoms with van der Waals surface area (Å²) in [5, 5.41) is 8.82. The van der Waals surface area contributed by atoms with Crippen LogP contribution in [0, 0.1) is 0 Å². The van der Waals surface area contributed by atoms with Gasteiger partial charge in [0.2, 0.25) is 0 Å². The van der Waals surface area contributed by atoms with E-state index >= 15 is 0 Å². The molecule has 1 N–H and O–H groups in total. The van der Waals surface area contributed by atoms with Gasteiger partial charge in [0.1, 0.15) is 5.69 Å². The third-order valence-corrected chi connectivity index (χ3v) is 2.78. The Balaban J connectivity index is 0.00000128. The molecule has 0 saturated carbocycles. The zero-order chi connectivity index (χ0) is 11.0. The molecule has 1 aromatic heterocycles. The number of carbonyl (C=O) groups is 1. The van der Waals surface area contributed by atoms with Gasteiger partial charge < -0.3 is 5.11 Å². The second-order valence-electron chi connectivity index (χ2n) is 4.14. The number of nitrogens with zero attached hydrogens (tertiary/aromatic N) is 2. The van der Waals surface area contributed by atoms with Gasteiger partial charge in [0, 0.05) is 25.3 Å². The van der Waals surface area contributed by atoms with Crippen LogP contribution in [-0.4, -0.2) is 27.0 Å². The first-order chi connectivity index (χ1) is 7.08. The summed E-state index contributed by atoms with van der Waals surface area (Å²) < 4.78 is 0. The van der Waals surface area contributed by atoms with Crippen molar-refractivity contribution in [2.45, 2.75) is 33.0 Å². The standard InChI is InChI=1S/C11H14N2O2.ClH/c1-7(2)13-5-8-3-10(11(14)15)12-4-9(8)6-13;/h3-4,7H,5-6H2,1-2H3,(H,14,15);1H. The van der Waals surface area contributed by atoms with Crippen molar-refractivity contribution < 1.29 is 9.90 Å². The van der Waals surface area contributed by atoms with E-state index in [1.807, 2.05) is 0 Å². The number of pyridine rings is 1. The van der Waals surface area contributed by atoms with Crippen LogP contribution in [0.5, 0.6) is 0 Å². The van der Waals surface area contributed by atoms with E-state index in [-0.39, 0.29) is 18.1 Å². The van der Waals surface area contributed by atoms with Crippen LogP contribution in [0.15, 0.2) is 12.3 Å². The fourth-order valence-electron chi connectivity index (χ4n) is 1.79. The van der Waals surface area contributed by atoms with E-state index in [2.05, 4.69) is 23.7 Å². The Hall–Kier alpha value is -1.13. The predicted molar refractivity (Wildman–Crippen MR) is 62.8 cm³/mol. The first kappa shape index (κ1) is 12.9. The van der Waals surface area contributed by atoms with Crippen LogP contribution in [0.1, 0.15) is 35.5 Å². The second-order valence-corrected chi connectivity index (χ2v) is 4.14. The Morgan fingerprint density at radius 3 is 2.62 bits per heavy atom. The van der Waals surface area contributed by atoms with Crippen molar-refractivity contribution in [3.8, 4) is 0 Å². The number of hydrogen-bond acceptors (Lipinski definition) is 3. The molecule has 1 aromatic rings. The second kappa shape index (κ2) is 4.80. The molecular weight excluding hydrogens is 228 g/mol. The van der Waals surface area contributed by atoms with Gasteiger partial charge in [0.15, 0.2) is 0 Å². The van der Waals surface area contributed by atoms with Crippen LogP contribution >= 0.6 is 12.4 Å². The summed E-state index contributed by atoms with van der Waals surface area (Å²) in [6, 6.07) is 2.16. The highest BCUT2D eigenvalue weighted by molar-refractivity contribution is 5.85. The third kappa shape index (κ3) is 2.33. The molecule has 88 valence electrons. The molecular formula is C11H15ClN2O2. The molecule has 0 atom stereocenters. The Labute approximate surface area is 101 Å². The van der Waals surface area contributed by atoms with Crippen molar-refractivity contribution in [3.63, 3.8) is 0 Å². The van der Waals surface area contributed by atoms with Gasteiger partial charge in [-0.3, -0.25) is 4.90 Å². The van der Waals surface area contributed by atoms with E-state index in [9.17, 15) is 4.79 Å². The van der Waals surface area contributed by atoms with Crippen LogP contribution in [0.2, 0.25) is 0 Å². The molecule has 0 fully saturated rings. The molecule has 0 amide bonds. The van der Waals surface area contributed by atoms with Crippen LogP contribution in [0.4, 0.5) is 0 Å². The van der Waals surface area contributed by atoms with E-state index < -0.39 is 5.97 Å². The van der Waals surface area contributed by atoms with Crippen LogP contribution in [0.25, 0.3) is 0 Å². The number of carboxylic acids is 1. The lowest BCUT2D eigenvalue weighted by Gasteiger charge is -2.18. The van der Waals surface area contributed by atoms with Crippen molar-refractivity contribution in [1.29, 1.82) is 0 Å². The van der Waals surface area contributed by atoms with E-state index in [4.69, 9.17) is 5.11 Å². The lowest BCUT2D eigenvalue weighted by molar-refractivity contribution is 0.0690. The summed E-state index contributed by atoms with van der Waals surface area (Å²) >= 11 is 0. The minimum atomic E-state index is -0.958. The van der Waals surface area contributed by atoms with Crippen LogP contribution < -0.4 is 0 Å². The third-order valence-electron chi connectivity index (χ3n) is 2.78. The van der Waals surface area contributed by atoms with Crippen molar-refractivity contribution in [2.75, 3.05) is 0 Å². The summed E-state index contributed by atoms with van der Waals surface area (Å²) in [7, 11) is 0. The van der Waals surface area contributed by atoms with E-state index in [0.29, 0.717) is 6.04 Å². The van der Waals surface area contributed by atoms with Crippen LogP contribution in [0.3, 0.4) is 0 Å². The molecule has 0 aromatic carbocycles. The summed E-state index contributed by atoms with van der Waals surface area (Å²) in [5.41, 5.74) is 2.38. The highest BCUT2D eigenvalue weighted by Crippen LogP contribution is 2.24. The SMILES string of the molecule is CC(C)N1Cc2cnc(C(=O)O)cc2C1.Cl. The van der Waals surface area contributed by atoms with Gasteiger partial charge in [-0.05, 0) is 31.0 Å². The van der Waals surface area contributed by atoms with Gasteiger partial charge in [-0.15, -0.1) is 12.4 Å². The number of fused-ring (bicyclic) bond motifs is 1. The van der Waals surface area contributed by atoms with Crippen molar-refractivity contribution in [2.24, 2.45) is 0 Å².